The molecule has 0 bridgehead atoms. The number of aryl methyl sites for hydroxylation is 1. The predicted molar refractivity (Wildman–Crippen MR) is 43.9 cm³/mol. The summed E-state index contributed by atoms with van der Waals surface area (Å²) in [5, 5.41) is 0. The van der Waals surface area contributed by atoms with E-state index in [-0.39, 0.29) is 0 Å². The lowest BCUT2D eigenvalue weighted by Gasteiger charge is -1.94. The van der Waals surface area contributed by atoms with E-state index in [4.69, 9.17) is 0 Å². The van der Waals surface area contributed by atoms with Crippen molar-refractivity contribution in [2.45, 2.75) is 6.92 Å². The fraction of sp³-hybridized carbons (Fsp3) is 0.143. The van der Waals surface area contributed by atoms with Gasteiger partial charge in [0.1, 0.15) is 5.69 Å². The van der Waals surface area contributed by atoms with Crippen molar-refractivity contribution in [1.82, 2.24) is 0 Å². The molecule has 1 aromatic rings. The Balaban J connectivity index is 0.000000252. The monoisotopic (exact) mass is 195 g/mol. The van der Waals surface area contributed by atoms with Gasteiger partial charge in [-0.15, -0.1) is 0 Å². The topological polar surface area (TPSA) is 27.6 Å². The van der Waals surface area contributed by atoms with Crippen LogP contribution in [-0.2, 0) is 0 Å². The molecule has 0 aliphatic heterocycles. The van der Waals surface area contributed by atoms with Gasteiger partial charge in [-0.2, -0.15) is 0 Å². The van der Waals surface area contributed by atoms with Crippen LogP contribution in [0.5, 0.6) is 0 Å². The molecule has 1 rings (SSSR count). The summed E-state index contributed by atoms with van der Waals surface area (Å²) in [6, 6.07) is 8.13. The Kier molecular flexibility index (Phi) is 4.47. The first-order valence-electron chi connectivity index (χ1n) is 3.55. The number of quaternary nitrogens is 1. The number of hydrogen-bond acceptors (Lipinski definition) is 0. The van der Waals surface area contributed by atoms with Crippen LogP contribution in [0.15, 0.2) is 24.3 Å². The molecule has 0 fully saturated rings. The third-order valence-corrected chi connectivity index (χ3v) is 1.12. The second-order valence-electron chi connectivity index (χ2n) is 2.48. The van der Waals surface area contributed by atoms with E-state index in [0.717, 1.165) is 5.69 Å². The molecule has 1 aromatic carbocycles. The normalized spacial score (nSPS) is 10.3. The summed E-state index contributed by atoms with van der Waals surface area (Å²) in [6.45, 7) is 2.07. The van der Waals surface area contributed by atoms with Crippen LogP contribution in [0.25, 0.3) is 0 Å². The van der Waals surface area contributed by atoms with Gasteiger partial charge >= 0.3 is 7.25 Å². The highest BCUT2D eigenvalue weighted by Gasteiger charge is 2.20. The van der Waals surface area contributed by atoms with Crippen LogP contribution < -0.4 is 5.73 Å². The molecule has 0 heterocycles. The Hall–Kier alpha value is -1.04. The summed E-state index contributed by atoms with van der Waals surface area (Å²) in [5.74, 6) is 0. The number of benzene rings is 1. The van der Waals surface area contributed by atoms with Crippen LogP contribution in [-0.4, -0.2) is 7.25 Å². The molecule has 6 heteroatoms. The van der Waals surface area contributed by atoms with Gasteiger partial charge in [0.05, 0.1) is 0 Å². The molecule has 74 valence electrons. The van der Waals surface area contributed by atoms with E-state index < -0.39 is 7.25 Å². The first-order valence-corrected chi connectivity index (χ1v) is 3.55. The smallest absolute Gasteiger partial charge is 0.418 e. The maximum atomic E-state index is 9.75. The Labute approximate surface area is 73.7 Å². The highest BCUT2D eigenvalue weighted by atomic mass is 19.5. The van der Waals surface area contributed by atoms with E-state index in [2.05, 4.69) is 24.8 Å². The van der Waals surface area contributed by atoms with Gasteiger partial charge in [0.15, 0.2) is 0 Å². The average Bonchev–Trinajstić information content (AvgIpc) is 1.92. The third-order valence-electron chi connectivity index (χ3n) is 1.12. The van der Waals surface area contributed by atoms with Crippen LogP contribution in [0.1, 0.15) is 5.56 Å². The molecule has 0 aliphatic carbocycles. The standard InChI is InChI=1S/C7H9N.BF4/c1-6-2-4-7(8)5-3-6;2-1(3,4)5/h2-5H,8H2,1H3;/q;-1/p+1. The van der Waals surface area contributed by atoms with E-state index in [0.29, 0.717) is 0 Å². The zero-order valence-corrected chi connectivity index (χ0v) is 7.11. The van der Waals surface area contributed by atoms with Gasteiger partial charge in [0, 0.05) is 0 Å². The van der Waals surface area contributed by atoms with Crippen molar-refractivity contribution in [3.05, 3.63) is 29.8 Å². The Bertz CT molecular complexity index is 217. The molecule has 3 N–H and O–H groups in total. The SMILES string of the molecule is Cc1ccc([NH3+])cc1.F[B-](F)(F)F. The largest absolute Gasteiger partial charge is 0.673 e. The Morgan fingerprint density at radius 1 is 1.00 bits per heavy atom. The van der Waals surface area contributed by atoms with Gasteiger partial charge in [-0.1, -0.05) is 17.7 Å². The molecule has 0 spiro atoms. The number of halogens is 4. The molecule has 0 aromatic heterocycles. The van der Waals surface area contributed by atoms with Crippen molar-refractivity contribution in [2.24, 2.45) is 0 Å². The summed E-state index contributed by atoms with van der Waals surface area (Å²) < 4.78 is 39.0. The zero-order valence-electron chi connectivity index (χ0n) is 7.11. The van der Waals surface area contributed by atoms with Crippen LogP contribution in [0.3, 0.4) is 0 Å². The fourth-order valence-electron chi connectivity index (χ4n) is 0.588. The highest BCUT2D eigenvalue weighted by Crippen LogP contribution is 2.06. The molecule has 0 saturated heterocycles. The van der Waals surface area contributed by atoms with E-state index >= 15 is 0 Å². The summed E-state index contributed by atoms with van der Waals surface area (Å²) in [4.78, 5) is 0. The van der Waals surface area contributed by atoms with Gasteiger partial charge in [-0.05, 0) is 19.1 Å². The molecule has 0 amide bonds. The minimum absolute atomic E-state index is 1.08. The van der Waals surface area contributed by atoms with E-state index in [9.17, 15) is 17.3 Å². The summed E-state index contributed by atoms with van der Waals surface area (Å²) in [7, 11) is -6.00. The second-order valence-corrected chi connectivity index (χ2v) is 2.48. The maximum absolute atomic E-state index is 9.75. The van der Waals surface area contributed by atoms with Crippen LogP contribution in [0.2, 0.25) is 0 Å². The highest BCUT2D eigenvalue weighted by molar-refractivity contribution is 6.50. The van der Waals surface area contributed by atoms with Crippen molar-refractivity contribution >= 4 is 12.9 Å². The Morgan fingerprint density at radius 3 is 1.54 bits per heavy atom. The van der Waals surface area contributed by atoms with Crippen LogP contribution in [0.4, 0.5) is 23.0 Å². The number of hydrogen-bond donors (Lipinski definition) is 1. The first kappa shape index (κ1) is 12.0. The molecule has 0 radical (unpaired) electrons. The van der Waals surface area contributed by atoms with E-state index in [1.807, 2.05) is 12.1 Å². The molecular weight excluding hydrogens is 185 g/mol. The lowest BCUT2D eigenvalue weighted by Crippen LogP contribution is -2.39. The van der Waals surface area contributed by atoms with E-state index in [1.54, 1.807) is 0 Å². The first-order chi connectivity index (χ1) is 5.79. The lowest BCUT2D eigenvalue weighted by atomic mass is 10.2. The molecule has 0 unspecified atom stereocenters. The van der Waals surface area contributed by atoms with Gasteiger partial charge < -0.3 is 23.0 Å². The third kappa shape index (κ3) is 11.0. The molecular formula is C7H10BF4N. The summed E-state index contributed by atoms with van der Waals surface area (Å²) in [6.07, 6.45) is 0. The molecule has 0 aliphatic rings. The lowest BCUT2D eigenvalue weighted by molar-refractivity contribution is -0.254. The minimum atomic E-state index is -6.00. The fourth-order valence-corrected chi connectivity index (χ4v) is 0.588. The van der Waals surface area contributed by atoms with Crippen molar-refractivity contribution in [3.8, 4) is 0 Å². The van der Waals surface area contributed by atoms with Gasteiger partial charge in [-0.25, -0.2) is 0 Å². The van der Waals surface area contributed by atoms with Crippen molar-refractivity contribution < 1.29 is 23.0 Å². The Morgan fingerprint density at radius 2 is 1.31 bits per heavy atom. The predicted octanol–water partition coefficient (Wildman–Crippen LogP) is 2.17. The van der Waals surface area contributed by atoms with Crippen molar-refractivity contribution in [3.63, 3.8) is 0 Å². The van der Waals surface area contributed by atoms with E-state index in [1.165, 1.54) is 5.56 Å². The van der Waals surface area contributed by atoms with Gasteiger partial charge in [0.25, 0.3) is 0 Å². The molecule has 0 saturated carbocycles. The molecule has 13 heavy (non-hydrogen) atoms. The minimum Gasteiger partial charge on any atom is -0.418 e. The van der Waals surface area contributed by atoms with Gasteiger partial charge in [0.2, 0.25) is 0 Å². The summed E-state index contributed by atoms with van der Waals surface area (Å²) in [5.41, 5.74) is 6.13. The zero-order chi connectivity index (χ0) is 10.5. The second kappa shape index (κ2) is 4.86. The molecule has 1 nitrogen and oxygen atoms in total. The quantitative estimate of drug-likeness (QED) is 0.485. The average molecular weight is 195 g/mol. The van der Waals surface area contributed by atoms with Crippen molar-refractivity contribution in [2.75, 3.05) is 0 Å². The van der Waals surface area contributed by atoms with Crippen molar-refractivity contribution in [1.29, 1.82) is 0 Å². The maximum Gasteiger partial charge on any atom is 0.673 e. The van der Waals surface area contributed by atoms with Gasteiger partial charge in [-0.3, -0.25) is 0 Å². The van der Waals surface area contributed by atoms with Crippen LogP contribution >= 0.6 is 0 Å². The number of rotatable bonds is 0. The molecule has 0 atom stereocenters. The van der Waals surface area contributed by atoms with Crippen LogP contribution in [0, 0.1) is 6.92 Å². The summed E-state index contributed by atoms with van der Waals surface area (Å²) >= 11 is 0.